The molecule has 192 valence electrons. The van der Waals surface area contributed by atoms with Gasteiger partial charge in [0.1, 0.15) is 6.67 Å². The molecule has 0 bridgehead atoms. The average molecular weight is 525 g/mol. The molecule has 36 heavy (non-hydrogen) atoms. The molecule has 0 aliphatic carbocycles. The molecule has 4 rings (SSSR count). The summed E-state index contributed by atoms with van der Waals surface area (Å²) in [6.45, 7) is 3.92. The summed E-state index contributed by atoms with van der Waals surface area (Å²) in [6.07, 6.45) is -0.304. The zero-order valence-corrected chi connectivity index (χ0v) is 20.2. The molecule has 1 amide bonds. The maximum atomic E-state index is 12.9. The van der Waals surface area contributed by atoms with E-state index >= 15 is 0 Å². The SMILES string of the molecule is Cc1nsc(Cc2cnc(C(F)(F)F)cn2)c1C(=O)Nc1ccc(OCC2CCN(CCF)C2)nc1. The molecule has 0 radical (unpaired) electrons. The van der Waals surface area contributed by atoms with Crippen molar-refractivity contribution in [2.75, 3.05) is 38.2 Å². The van der Waals surface area contributed by atoms with E-state index in [9.17, 15) is 22.4 Å². The summed E-state index contributed by atoms with van der Waals surface area (Å²) in [5, 5.41) is 2.77. The molecule has 0 aromatic carbocycles. The van der Waals surface area contributed by atoms with Crippen molar-refractivity contribution in [2.45, 2.75) is 25.9 Å². The van der Waals surface area contributed by atoms with Crippen LogP contribution in [0.25, 0.3) is 0 Å². The smallest absolute Gasteiger partial charge is 0.434 e. The van der Waals surface area contributed by atoms with Crippen LogP contribution in [0.15, 0.2) is 30.7 Å². The summed E-state index contributed by atoms with van der Waals surface area (Å²) in [6, 6.07) is 3.32. The van der Waals surface area contributed by atoms with Crippen LogP contribution in [0.5, 0.6) is 5.88 Å². The number of aryl methyl sites for hydroxylation is 1. The number of rotatable bonds is 9. The molecular formula is C23H24F4N6O2S. The number of nitrogens with one attached hydrogen (secondary N) is 1. The van der Waals surface area contributed by atoms with Crippen molar-refractivity contribution >= 4 is 23.1 Å². The number of amides is 1. The van der Waals surface area contributed by atoms with Gasteiger partial charge in [-0.05, 0) is 37.5 Å². The molecule has 3 aromatic heterocycles. The Morgan fingerprint density at radius 1 is 1.22 bits per heavy atom. The maximum Gasteiger partial charge on any atom is 0.434 e. The minimum Gasteiger partial charge on any atom is -0.477 e. The van der Waals surface area contributed by atoms with Crippen LogP contribution in [-0.4, -0.2) is 63.0 Å². The predicted molar refractivity (Wildman–Crippen MR) is 125 cm³/mol. The molecule has 0 spiro atoms. The lowest BCUT2D eigenvalue weighted by Crippen LogP contribution is -2.24. The highest BCUT2D eigenvalue weighted by Gasteiger charge is 2.33. The van der Waals surface area contributed by atoms with Gasteiger partial charge in [-0.15, -0.1) is 0 Å². The Bertz CT molecular complexity index is 1170. The number of alkyl halides is 4. The normalized spacial score (nSPS) is 16.3. The number of hydrogen-bond acceptors (Lipinski definition) is 8. The number of likely N-dealkylation sites (tertiary alicyclic amines) is 1. The van der Waals surface area contributed by atoms with Crippen molar-refractivity contribution in [3.63, 3.8) is 0 Å². The molecule has 1 aliphatic heterocycles. The first-order valence-electron chi connectivity index (χ1n) is 11.2. The van der Waals surface area contributed by atoms with E-state index in [1.54, 1.807) is 19.1 Å². The lowest BCUT2D eigenvalue weighted by atomic mass is 10.1. The van der Waals surface area contributed by atoms with Crippen molar-refractivity contribution in [3.05, 3.63) is 58.2 Å². The van der Waals surface area contributed by atoms with Crippen LogP contribution in [0.3, 0.4) is 0 Å². The summed E-state index contributed by atoms with van der Waals surface area (Å²) < 4.78 is 60.6. The third-order valence-electron chi connectivity index (χ3n) is 5.73. The highest BCUT2D eigenvalue weighted by molar-refractivity contribution is 7.06. The van der Waals surface area contributed by atoms with Gasteiger partial charge in [-0.2, -0.15) is 17.5 Å². The summed E-state index contributed by atoms with van der Waals surface area (Å²) in [5.41, 5.74) is 0.499. The van der Waals surface area contributed by atoms with Gasteiger partial charge in [0.15, 0.2) is 5.69 Å². The molecule has 4 heterocycles. The second kappa shape index (κ2) is 11.2. The molecule has 13 heteroatoms. The number of carbonyl (C=O) groups excluding carboxylic acids is 1. The Labute approximate surface area is 208 Å². The van der Waals surface area contributed by atoms with Crippen molar-refractivity contribution in [1.82, 2.24) is 24.2 Å². The second-order valence-electron chi connectivity index (χ2n) is 8.43. The van der Waals surface area contributed by atoms with Gasteiger partial charge in [0.25, 0.3) is 5.91 Å². The zero-order chi connectivity index (χ0) is 25.7. The Morgan fingerprint density at radius 3 is 2.72 bits per heavy atom. The van der Waals surface area contributed by atoms with Crippen molar-refractivity contribution in [3.8, 4) is 5.88 Å². The van der Waals surface area contributed by atoms with E-state index in [1.807, 2.05) is 0 Å². The van der Waals surface area contributed by atoms with Gasteiger partial charge in [0, 0.05) is 42.6 Å². The van der Waals surface area contributed by atoms with Gasteiger partial charge in [-0.3, -0.25) is 9.78 Å². The zero-order valence-electron chi connectivity index (χ0n) is 19.4. The third kappa shape index (κ3) is 6.52. The number of aromatic nitrogens is 4. The highest BCUT2D eigenvalue weighted by Crippen LogP contribution is 2.28. The minimum absolute atomic E-state index is 0.119. The van der Waals surface area contributed by atoms with Gasteiger partial charge in [-0.25, -0.2) is 14.4 Å². The second-order valence-corrected chi connectivity index (χ2v) is 9.29. The van der Waals surface area contributed by atoms with Crippen molar-refractivity contribution < 1.29 is 27.1 Å². The number of ether oxygens (including phenoxy) is 1. The van der Waals surface area contributed by atoms with Gasteiger partial charge in [0.05, 0.1) is 41.6 Å². The maximum absolute atomic E-state index is 12.9. The van der Waals surface area contributed by atoms with E-state index in [0.29, 0.717) is 58.7 Å². The van der Waals surface area contributed by atoms with E-state index in [4.69, 9.17) is 4.74 Å². The van der Waals surface area contributed by atoms with Crippen LogP contribution in [0.4, 0.5) is 23.2 Å². The standard InChI is InChI=1S/C23H24F4N6O2S/c1-14-21(18(36-32-14)8-17-10-29-19(11-28-17)23(25,26)27)22(34)31-16-2-3-20(30-9-16)35-13-15-4-6-33(12-15)7-5-24/h2-3,9-11,15H,4-8,12-13H2,1H3,(H,31,34). The lowest BCUT2D eigenvalue weighted by Gasteiger charge is -2.14. The first kappa shape index (κ1) is 25.9. The van der Waals surface area contributed by atoms with Crippen LogP contribution in [0, 0.1) is 12.8 Å². The number of nitrogens with zero attached hydrogens (tertiary/aromatic N) is 5. The molecule has 1 atom stereocenters. The number of anilines is 1. The fourth-order valence-electron chi connectivity index (χ4n) is 3.89. The van der Waals surface area contributed by atoms with E-state index in [-0.39, 0.29) is 13.1 Å². The third-order valence-corrected chi connectivity index (χ3v) is 6.66. The number of hydrogen-bond donors (Lipinski definition) is 1. The fraction of sp³-hybridized carbons (Fsp3) is 0.435. The van der Waals surface area contributed by atoms with Crippen LogP contribution < -0.4 is 10.1 Å². The molecule has 1 unspecified atom stereocenters. The van der Waals surface area contributed by atoms with Crippen molar-refractivity contribution in [1.29, 1.82) is 0 Å². The van der Waals surface area contributed by atoms with Gasteiger partial charge in [0.2, 0.25) is 5.88 Å². The molecule has 3 aromatic rings. The Kier molecular flexibility index (Phi) is 8.09. The van der Waals surface area contributed by atoms with Crippen LogP contribution in [0.2, 0.25) is 0 Å². The summed E-state index contributed by atoms with van der Waals surface area (Å²) >= 11 is 1.08. The number of halogens is 4. The number of carbonyl (C=O) groups is 1. The molecule has 1 saturated heterocycles. The Morgan fingerprint density at radius 2 is 2.06 bits per heavy atom. The molecule has 1 N–H and O–H groups in total. The van der Waals surface area contributed by atoms with E-state index in [0.717, 1.165) is 37.2 Å². The number of pyridine rings is 1. The topological polar surface area (TPSA) is 93.1 Å². The van der Waals surface area contributed by atoms with Crippen molar-refractivity contribution in [2.24, 2.45) is 5.92 Å². The lowest BCUT2D eigenvalue weighted by molar-refractivity contribution is -0.141. The van der Waals surface area contributed by atoms with Crippen LogP contribution in [-0.2, 0) is 12.6 Å². The first-order chi connectivity index (χ1) is 17.2. The summed E-state index contributed by atoms with van der Waals surface area (Å²) in [5.74, 6) is 0.331. The van der Waals surface area contributed by atoms with Gasteiger partial charge in [-0.1, -0.05) is 0 Å². The average Bonchev–Trinajstić information content (AvgIpc) is 3.44. The van der Waals surface area contributed by atoms with E-state index < -0.39 is 17.8 Å². The molecule has 8 nitrogen and oxygen atoms in total. The molecular weight excluding hydrogens is 500 g/mol. The molecule has 0 saturated carbocycles. The van der Waals surface area contributed by atoms with Crippen LogP contribution >= 0.6 is 11.5 Å². The fourth-order valence-corrected chi connectivity index (χ4v) is 4.78. The quantitative estimate of drug-likeness (QED) is 0.420. The predicted octanol–water partition coefficient (Wildman–Crippen LogP) is 4.17. The monoisotopic (exact) mass is 524 g/mol. The van der Waals surface area contributed by atoms with Gasteiger partial charge >= 0.3 is 6.18 Å². The van der Waals surface area contributed by atoms with Crippen LogP contribution in [0.1, 0.15) is 38.7 Å². The largest absolute Gasteiger partial charge is 0.477 e. The molecule has 1 fully saturated rings. The summed E-state index contributed by atoms with van der Waals surface area (Å²) in [7, 11) is 0. The highest BCUT2D eigenvalue weighted by atomic mass is 32.1. The first-order valence-corrected chi connectivity index (χ1v) is 12.0. The minimum atomic E-state index is -4.57. The van der Waals surface area contributed by atoms with E-state index in [1.165, 1.54) is 6.20 Å². The molecule has 1 aliphatic rings. The Balaban J connectivity index is 1.34. The Hall–Kier alpha value is -3.19. The van der Waals surface area contributed by atoms with E-state index in [2.05, 4.69) is 29.5 Å². The van der Waals surface area contributed by atoms with Gasteiger partial charge < -0.3 is 15.0 Å². The summed E-state index contributed by atoms with van der Waals surface area (Å²) in [4.78, 5) is 27.0.